The van der Waals surface area contributed by atoms with E-state index in [-0.39, 0.29) is 11.8 Å². The standard InChI is InChI=1S/C37H36N2O/c40-37(29(23-27-11-3-1-4-12-27)19-21-31-25-38-35-17-9-7-15-33(31)35)30(24-28-13-5-2-6-14-28)20-22-32-26-39-36-18-10-8-16-34(32)36/h1-18,25-26,29-30,38-39H,19-24H2. The third-order valence-electron chi connectivity index (χ3n) is 8.33. The van der Waals surface area contributed by atoms with Crippen molar-refractivity contribution in [2.45, 2.75) is 38.5 Å². The molecule has 0 amide bonds. The summed E-state index contributed by atoms with van der Waals surface area (Å²) in [5, 5.41) is 2.52. The first-order chi connectivity index (χ1) is 19.7. The first kappa shape index (κ1) is 25.9. The van der Waals surface area contributed by atoms with Crippen LogP contribution in [0.1, 0.15) is 35.1 Å². The second-order valence-electron chi connectivity index (χ2n) is 11.0. The van der Waals surface area contributed by atoms with E-state index in [4.69, 9.17) is 0 Å². The van der Waals surface area contributed by atoms with Crippen molar-refractivity contribution in [2.24, 2.45) is 11.8 Å². The predicted molar refractivity (Wildman–Crippen MR) is 166 cm³/mol. The summed E-state index contributed by atoms with van der Waals surface area (Å²) in [6, 6.07) is 37.9. The number of carbonyl (C=O) groups excluding carboxylic acids is 1. The van der Waals surface area contributed by atoms with Crippen LogP contribution in [-0.4, -0.2) is 15.8 Å². The molecule has 6 rings (SSSR count). The molecule has 0 spiro atoms. The van der Waals surface area contributed by atoms with Crippen molar-refractivity contribution in [2.75, 3.05) is 0 Å². The van der Waals surface area contributed by atoms with Crippen LogP contribution < -0.4 is 0 Å². The van der Waals surface area contributed by atoms with E-state index in [1.54, 1.807) is 0 Å². The summed E-state index contributed by atoms with van der Waals surface area (Å²) in [5.41, 5.74) is 7.36. The number of ketones is 1. The van der Waals surface area contributed by atoms with Gasteiger partial charge in [-0.2, -0.15) is 0 Å². The minimum Gasteiger partial charge on any atom is -0.361 e. The van der Waals surface area contributed by atoms with Crippen LogP contribution in [-0.2, 0) is 30.5 Å². The van der Waals surface area contributed by atoms with Gasteiger partial charge in [-0.3, -0.25) is 4.79 Å². The van der Waals surface area contributed by atoms with Gasteiger partial charge in [0.05, 0.1) is 0 Å². The van der Waals surface area contributed by atoms with Crippen LogP contribution in [0.15, 0.2) is 122 Å². The molecule has 200 valence electrons. The molecular weight excluding hydrogens is 488 g/mol. The maximum Gasteiger partial charge on any atom is 0.139 e. The molecule has 0 saturated heterocycles. The normalized spacial score (nSPS) is 13.0. The maximum absolute atomic E-state index is 14.5. The number of rotatable bonds is 12. The number of Topliss-reactive ketones (excluding diaryl/α,β-unsaturated/α-hetero) is 1. The Morgan fingerprint density at radius 1 is 0.525 bits per heavy atom. The van der Waals surface area contributed by atoms with Crippen LogP contribution in [0.5, 0.6) is 0 Å². The molecule has 2 N–H and O–H groups in total. The molecule has 3 nitrogen and oxygen atoms in total. The molecule has 2 heterocycles. The lowest BCUT2D eigenvalue weighted by molar-refractivity contribution is -0.127. The molecule has 0 aliphatic heterocycles. The number of aryl methyl sites for hydroxylation is 2. The highest BCUT2D eigenvalue weighted by Gasteiger charge is 2.28. The Labute approximate surface area is 236 Å². The molecule has 0 saturated carbocycles. The van der Waals surface area contributed by atoms with Crippen molar-refractivity contribution in [1.29, 1.82) is 0 Å². The van der Waals surface area contributed by atoms with Gasteiger partial charge in [0.1, 0.15) is 5.78 Å². The summed E-state index contributed by atoms with van der Waals surface area (Å²) in [5.74, 6) is 0.327. The Bertz CT molecular complexity index is 1550. The molecule has 2 aromatic heterocycles. The smallest absolute Gasteiger partial charge is 0.139 e. The van der Waals surface area contributed by atoms with Gasteiger partial charge in [0, 0.05) is 46.0 Å². The van der Waals surface area contributed by atoms with Crippen molar-refractivity contribution in [3.63, 3.8) is 0 Å². The number of fused-ring (bicyclic) bond motifs is 2. The Hall–Kier alpha value is -4.37. The predicted octanol–water partition coefficient (Wildman–Crippen LogP) is 8.50. The zero-order valence-corrected chi connectivity index (χ0v) is 22.9. The van der Waals surface area contributed by atoms with Crippen LogP contribution in [0.3, 0.4) is 0 Å². The summed E-state index contributed by atoms with van der Waals surface area (Å²) in [7, 11) is 0. The van der Waals surface area contributed by atoms with Gasteiger partial charge in [0.25, 0.3) is 0 Å². The number of aromatic amines is 2. The first-order valence-electron chi connectivity index (χ1n) is 14.5. The van der Waals surface area contributed by atoms with E-state index < -0.39 is 0 Å². The lowest BCUT2D eigenvalue weighted by Gasteiger charge is -2.23. The number of hydrogen-bond acceptors (Lipinski definition) is 1. The van der Waals surface area contributed by atoms with E-state index in [1.807, 2.05) is 12.1 Å². The van der Waals surface area contributed by atoms with Crippen molar-refractivity contribution in [1.82, 2.24) is 9.97 Å². The van der Waals surface area contributed by atoms with Crippen molar-refractivity contribution in [3.8, 4) is 0 Å². The first-order valence-corrected chi connectivity index (χ1v) is 14.5. The zero-order chi connectivity index (χ0) is 27.1. The molecule has 6 aromatic rings. The molecule has 2 unspecified atom stereocenters. The Morgan fingerprint density at radius 3 is 1.38 bits per heavy atom. The summed E-state index contributed by atoms with van der Waals surface area (Å²) >= 11 is 0. The van der Waals surface area contributed by atoms with Gasteiger partial charge >= 0.3 is 0 Å². The number of para-hydroxylation sites is 2. The number of benzene rings is 4. The third kappa shape index (κ3) is 5.94. The highest BCUT2D eigenvalue weighted by molar-refractivity contribution is 5.86. The fraction of sp³-hybridized carbons (Fsp3) is 0.216. The quantitative estimate of drug-likeness (QED) is 0.166. The van der Waals surface area contributed by atoms with Gasteiger partial charge in [0.15, 0.2) is 0 Å². The van der Waals surface area contributed by atoms with E-state index >= 15 is 0 Å². The number of hydrogen-bond donors (Lipinski definition) is 2. The summed E-state index contributed by atoms with van der Waals surface area (Å²) < 4.78 is 0. The molecule has 4 aromatic carbocycles. The van der Waals surface area contributed by atoms with E-state index in [2.05, 4.69) is 119 Å². The van der Waals surface area contributed by atoms with Crippen LogP contribution in [0.2, 0.25) is 0 Å². The fourth-order valence-electron chi connectivity index (χ4n) is 6.16. The van der Waals surface area contributed by atoms with Crippen LogP contribution in [0, 0.1) is 11.8 Å². The Kier molecular flexibility index (Phi) is 7.90. The van der Waals surface area contributed by atoms with Gasteiger partial charge < -0.3 is 9.97 Å². The summed E-state index contributed by atoms with van der Waals surface area (Å²) in [4.78, 5) is 21.3. The highest BCUT2D eigenvalue weighted by atomic mass is 16.1. The molecule has 0 fully saturated rings. The number of H-pyrrole nitrogens is 2. The van der Waals surface area contributed by atoms with E-state index in [0.717, 1.165) is 49.6 Å². The number of aromatic nitrogens is 2. The molecule has 0 aliphatic rings. The maximum atomic E-state index is 14.5. The van der Waals surface area contributed by atoms with Gasteiger partial charge in [-0.25, -0.2) is 0 Å². The molecule has 0 radical (unpaired) electrons. The Balaban J connectivity index is 1.26. The minimum atomic E-state index is -0.0345. The van der Waals surface area contributed by atoms with Crippen molar-refractivity contribution in [3.05, 3.63) is 144 Å². The Morgan fingerprint density at radius 2 is 0.925 bits per heavy atom. The van der Waals surface area contributed by atoms with Crippen molar-refractivity contribution >= 4 is 27.6 Å². The molecule has 3 heteroatoms. The van der Waals surface area contributed by atoms with Gasteiger partial charge in [-0.1, -0.05) is 97.1 Å². The number of nitrogens with one attached hydrogen (secondary N) is 2. The fourth-order valence-corrected chi connectivity index (χ4v) is 6.16. The minimum absolute atomic E-state index is 0.0345. The lowest BCUT2D eigenvalue weighted by atomic mass is 9.79. The topological polar surface area (TPSA) is 48.6 Å². The molecule has 2 atom stereocenters. The third-order valence-corrected chi connectivity index (χ3v) is 8.33. The second kappa shape index (κ2) is 12.2. The van der Waals surface area contributed by atoms with E-state index in [0.29, 0.717) is 5.78 Å². The average molecular weight is 525 g/mol. The number of carbonyl (C=O) groups is 1. The molecular formula is C37H36N2O. The lowest BCUT2D eigenvalue weighted by Crippen LogP contribution is -2.28. The van der Waals surface area contributed by atoms with Gasteiger partial charge in [-0.15, -0.1) is 0 Å². The average Bonchev–Trinajstić information content (AvgIpc) is 3.62. The van der Waals surface area contributed by atoms with Gasteiger partial charge in [-0.05, 0) is 72.9 Å². The zero-order valence-electron chi connectivity index (χ0n) is 22.9. The van der Waals surface area contributed by atoms with Gasteiger partial charge in [0.2, 0.25) is 0 Å². The SMILES string of the molecule is O=C(C(CCc1c[nH]c2ccccc12)Cc1ccccc1)C(CCc1c[nH]c2ccccc12)Cc1ccccc1. The molecule has 40 heavy (non-hydrogen) atoms. The largest absolute Gasteiger partial charge is 0.361 e. The highest BCUT2D eigenvalue weighted by Crippen LogP contribution is 2.28. The summed E-state index contributed by atoms with van der Waals surface area (Å²) in [6.07, 6.45) is 9.24. The van der Waals surface area contributed by atoms with Crippen LogP contribution >= 0.6 is 0 Å². The molecule has 0 aliphatic carbocycles. The second-order valence-corrected chi connectivity index (χ2v) is 11.0. The van der Waals surface area contributed by atoms with Crippen molar-refractivity contribution < 1.29 is 4.79 Å². The van der Waals surface area contributed by atoms with Crippen LogP contribution in [0.25, 0.3) is 21.8 Å². The van der Waals surface area contributed by atoms with E-state index in [9.17, 15) is 4.79 Å². The summed E-state index contributed by atoms with van der Waals surface area (Å²) in [6.45, 7) is 0. The monoisotopic (exact) mass is 524 g/mol. The van der Waals surface area contributed by atoms with E-state index in [1.165, 1.54) is 33.0 Å². The van der Waals surface area contributed by atoms with Crippen LogP contribution in [0.4, 0.5) is 0 Å². The molecule has 0 bridgehead atoms.